The summed E-state index contributed by atoms with van der Waals surface area (Å²) in [4.78, 5) is 0. The highest BCUT2D eigenvalue weighted by Crippen LogP contribution is 2.16. The van der Waals surface area contributed by atoms with Gasteiger partial charge in [-0.3, -0.25) is 0 Å². The number of hydrogen-bond donors (Lipinski definition) is 1. The van der Waals surface area contributed by atoms with Gasteiger partial charge in [-0.1, -0.05) is 0 Å². The van der Waals surface area contributed by atoms with Gasteiger partial charge < -0.3 is 0 Å². The molecule has 0 saturated heterocycles. The van der Waals surface area contributed by atoms with Crippen molar-refractivity contribution in [1.29, 1.82) is 0 Å². The van der Waals surface area contributed by atoms with Crippen molar-refractivity contribution >= 4 is 19.9 Å². The molecular weight excluding hydrogens is 226 g/mol. The van der Waals surface area contributed by atoms with Crippen LogP contribution in [0.3, 0.4) is 0 Å². The number of rotatable bonds is 4. The first-order chi connectivity index (χ1) is 5.96. The first-order valence-electron chi connectivity index (χ1n) is 4.18. The highest BCUT2D eigenvalue weighted by molar-refractivity contribution is 7.92. The van der Waals surface area contributed by atoms with Gasteiger partial charge in [0.15, 0.2) is 9.84 Å². The monoisotopic (exact) mass is 243 g/mol. The van der Waals surface area contributed by atoms with Crippen molar-refractivity contribution in [1.82, 2.24) is 0 Å². The zero-order valence-corrected chi connectivity index (χ0v) is 10.3. The summed E-state index contributed by atoms with van der Waals surface area (Å²) in [6, 6.07) is 0. The van der Waals surface area contributed by atoms with E-state index in [2.05, 4.69) is 0 Å². The van der Waals surface area contributed by atoms with Crippen LogP contribution in [0, 0.1) is 0 Å². The Balaban J connectivity index is 4.31. The zero-order chi connectivity index (χ0) is 11.6. The van der Waals surface area contributed by atoms with E-state index < -0.39 is 24.6 Å². The van der Waals surface area contributed by atoms with Crippen LogP contribution in [-0.2, 0) is 19.9 Å². The lowest BCUT2D eigenvalue weighted by atomic mass is 10.3. The minimum Gasteiger partial charge on any atom is -0.229 e. The maximum Gasteiger partial charge on any atom is 0.209 e. The van der Waals surface area contributed by atoms with Gasteiger partial charge >= 0.3 is 0 Å². The molecule has 0 rings (SSSR count). The standard InChI is InChI=1S/C7H17NO4S2/c1-7(2,3)13(9,10)5-4-6-14(8,11)12/h4-6H2,1-3H3,(H2,8,11,12). The molecule has 5 nitrogen and oxygen atoms in total. The van der Waals surface area contributed by atoms with E-state index in [-0.39, 0.29) is 17.9 Å². The molecule has 0 aromatic rings. The van der Waals surface area contributed by atoms with Crippen molar-refractivity contribution in [3.8, 4) is 0 Å². The molecule has 0 aromatic carbocycles. The normalized spacial score (nSPS) is 14.3. The fourth-order valence-corrected chi connectivity index (χ4v) is 2.62. The maximum atomic E-state index is 11.5. The Kier molecular flexibility index (Phi) is 4.12. The van der Waals surface area contributed by atoms with Crippen LogP contribution in [0.15, 0.2) is 0 Å². The molecule has 7 heteroatoms. The number of sulfone groups is 1. The minimum absolute atomic E-state index is 0.0540. The minimum atomic E-state index is -3.56. The summed E-state index contributed by atoms with van der Waals surface area (Å²) in [7, 11) is -6.80. The van der Waals surface area contributed by atoms with E-state index in [9.17, 15) is 16.8 Å². The Morgan fingerprint density at radius 1 is 1.00 bits per heavy atom. The van der Waals surface area contributed by atoms with Gasteiger partial charge in [-0.15, -0.1) is 0 Å². The van der Waals surface area contributed by atoms with Gasteiger partial charge in [0.2, 0.25) is 10.0 Å². The van der Waals surface area contributed by atoms with Crippen molar-refractivity contribution in [3.05, 3.63) is 0 Å². The van der Waals surface area contributed by atoms with E-state index in [4.69, 9.17) is 5.14 Å². The smallest absolute Gasteiger partial charge is 0.209 e. The third-order valence-electron chi connectivity index (χ3n) is 1.77. The fraction of sp³-hybridized carbons (Fsp3) is 1.00. The second-order valence-corrected chi connectivity index (χ2v) is 8.75. The van der Waals surface area contributed by atoms with E-state index in [1.165, 1.54) is 0 Å². The second-order valence-electron chi connectivity index (χ2n) is 4.15. The van der Waals surface area contributed by atoms with E-state index in [0.29, 0.717) is 0 Å². The summed E-state index contributed by atoms with van der Waals surface area (Å²) in [5.74, 6) is -0.435. The summed E-state index contributed by atoms with van der Waals surface area (Å²) in [5, 5.41) is 4.75. The molecule has 0 spiro atoms. The molecule has 0 aliphatic carbocycles. The Hall–Kier alpha value is -0.140. The van der Waals surface area contributed by atoms with Crippen LogP contribution in [-0.4, -0.2) is 33.1 Å². The Bertz CT molecular complexity index is 374. The summed E-state index contributed by atoms with van der Waals surface area (Å²) in [6.07, 6.45) is 0.0540. The predicted octanol–water partition coefficient (Wildman–Crippen LogP) is -0.122. The van der Waals surface area contributed by atoms with Gasteiger partial charge in [0.1, 0.15) is 0 Å². The van der Waals surface area contributed by atoms with Gasteiger partial charge in [0, 0.05) is 0 Å². The quantitative estimate of drug-likeness (QED) is 0.744. The summed E-state index contributed by atoms with van der Waals surface area (Å²) >= 11 is 0. The van der Waals surface area contributed by atoms with Crippen molar-refractivity contribution in [2.45, 2.75) is 31.9 Å². The molecule has 0 aromatic heterocycles. The molecule has 0 bridgehead atoms. The lowest BCUT2D eigenvalue weighted by Gasteiger charge is -2.18. The molecule has 0 amide bonds. The first kappa shape index (κ1) is 13.9. The number of primary sulfonamides is 1. The summed E-state index contributed by atoms with van der Waals surface area (Å²) in [5.41, 5.74) is 0. The van der Waals surface area contributed by atoms with E-state index in [1.807, 2.05) is 0 Å². The van der Waals surface area contributed by atoms with Gasteiger partial charge in [0.25, 0.3) is 0 Å². The van der Waals surface area contributed by atoms with Gasteiger partial charge in [-0.2, -0.15) is 0 Å². The van der Waals surface area contributed by atoms with Crippen LogP contribution >= 0.6 is 0 Å². The van der Waals surface area contributed by atoms with Crippen LogP contribution in [0.25, 0.3) is 0 Å². The van der Waals surface area contributed by atoms with E-state index in [0.717, 1.165) is 0 Å². The molecule has 2 N–H and O–H groups in total. The number of sulfonamides is 1. The van der Waals surface area contributed by atoms with E-state index >= 15 is 0 Å². The largest absolute Gasteiger partial charge is 0.229 e. The van der Waals surface area contributed by atoms with E-state index in [1.54, 1.807) is 20.8 Å². The van der Waals surface area contributed by atoms with Crippen LogP contribution in [0.5, 0.6) is 0 Å². The summed E-state index contributed by atoms with van der Waals surface area (Å²) in [6.45, 7) is 4.75. The third kappa shape index (κ3) is 4.92. The molecule has 0 heterocycles. The first-order valence-corrected chi connectivity index (χ1v) is 7.55. The van der Waals surface area contributed by atoms with Gasteiger partial charge in [0.05, 0.1) is 16.3 Å². The maximum absolute atomic E-state index is 11.5. The second kappa shape index (κ2) is 4.16. The van der Waals surface area contributed by atoms with Crippen molar-refractivity contribution < 1.29 is 16.8 Å². The molecule has 0 radical (unpaired) electrons. The number of nitrogens with two attached hydrogens (primary N) is 1. The van der Waals surface area contributed by atoms with Gasteiger partial charge in [-0.05, 0) is 27.2 Å². The average Bonchev–Trinajstić information content (AvgIpc) is 1.80. The predicted molar refractivity (Wildman–Crippen MR) is 56.1 cm³/mol. The third-order valence-corrected chi connectivity index (χ3v) is 5.32. The molecule has 86 valence electrons. The van der Waals surface area contributed by atoms with Crippen LogP contribution in [0.1, 0.15) is 27.2 Å². The van der Waals surface area contributed by atoms with Crippen molar-refractivity contribution in [3.63, 3.8) is 0 Å². The SMILES string of the molecule is CC(C)(C)S(=O)(=O)CCCS(N)(=O)=O. The highest BCUT2D eigenvalue weighted by Gasteiger charge is 2.28. The molecule has 0 atom stereocenters. The number of hydrogen-bond acceptors (Lipinski definition) is 4. The molecule has 0 unspecified atom stereocenters. The highest BCUT2D eigenvalue weighted by atomic mass is 32.2. The summed E-state index contributed by atoms with van der Waals surface area (Å²) < 4.78 is 43.3. The van der Waals surface area contributed by atoms with Gasteiger partial charge in [-0.25, -0.2) is 22.0 Å². The molecule has 0 fully saturated rings. The van der Waals surface area contributed by atoms with Crippen molar-refractivity contribution in [2.75, 3.05) is 11.5 Å². The fourth-order valence-electron chi connectivity index (χ4n) is 0.756. The van der Waals surface area contributed by atoms with Crippen LogP contribution < -0.4 is 5.14 Å². The molecule has 0 aliphatic rings. The van der Waals surface area contributed by atoms with Crippen LogP contribution in [0.4, 0.5) is 0 Å². The Morgan fingerprint density at radius 2 is 1.43 bits per heavy atom. The lowest BCUT2D eigenvalue weighted by molar-refractivity contribution is 0.558. The lowest BCUT2D eigenvalue weighted by Crippen LogP contribution is -2.31. The molecule has 0 aliphatic heterocycles. The molecule has 0 saturated carbocycles. The Morgan fingerprint density at radius 3 is 1.71 bits per heavy atom. The van der Waals surface area contributed by atoms with Crippen molar-refractivity contribution in [2.24, 2.45) is 5.14 Å². The van der Waals surface area contributed by atoms with Crippen LogP contribution in [0.2, 0.25) is 0 Å². The topological polar surface area (TPSA) is 94.3 Å². The molecular formula is C7H17NO4S2. The molecule has 14 heavy (non-hydrogen) atoms. The zero-order valence-electron chi connectivity index (χ0n) is 8.65. The Labute approximate surface area is 85.7 Å². The average molecular weight is 243 g/mol.